The molecule has 0 fully saturated rings. The molecule has 0 bridgehead atoms. The number of hydrogen-bond donors (Lipinski definition) is 1. The number of nitrogens with zero attached hydrogens (tertiary/aromatic N) is 3. The molecule has 0 radical (unpaired) electrons. The number of carbonyl (C=O) groups excluding carboxylic acids is 1. The molecule has 0 saturated heterocycles. The number of aliphatic imine (C=N–C) groups is 1. The van der Waals surface area contributed by atoms with E-state index in [0.717, 1.165) is 30.1 Å². The van der Waals surface area contributed by atoms with Gasteiger partial charge in [0.15, 0.2) is 5.84 Å². The van der Waals surface area contributed by atoms with Crippen molar-refractivity contribution in [3.05, 3.63) is 65.2 Å². The number of rotatable bonds is 12. The van der Waals surface area contributed by atoms with E-state index in [9.17, 15) is 4.79 Å². The molecule has 2 aromatic carbocycles. The average Bonchev–Trinajstić information content (AvgIpc) is 3.32. The van der Waals surface area contributed by atoms with E-state index < -0.39 is 5.91 Å². The topological polar surface area (TPSA) is 87.3 Å². The minimum Gasteiger partial charge on any atom is -0.490 e. The minimum atomic E-state index is -0.435. The molecule has 1 N–H and O–H groups in total. The fourth-order valence-electron chi connectivity index (χ4n) is 4.26. The van der Waals surface area contributed by atoms with Crippen molar-refractivity contribution >= 4 is 39.8 Å². The third kappa shape index (κ3) is 7.60. The zero-order valence-corrected chi connectivity index (χ0v) is 24.1. The summed E-state index contributed by atoms with van der Waals surface area (Å²) in [6, 6.07) is 15.6. The molecule has 0 saturated carbocycles. The van der Waals surface area contributed by atoms with Crippen LogP contribution in [0.4, 0.5) is 0 Å². The van der Waals surface area contributed by atoms with Crippen LogP contribution in [0.1, 0.15) is 77.3 Å². The van der Waals surface area contributed by atoms with E-state index in [1.54, 1.807) is 6.08 Å². The van der Waals surface area contributed by atoms with Crippen LogP contribution in [-0.2, 0) is 10.2 Å². The lowest BCUT2D eigenvalue weighted by atomic mass is 9.87. The summed E-state index contributed by atoms with van der Waals surface area (Å²) in [6.07, 6.45) is 8.39. The van der Waals surface area contributed by atoms with Crippen LogP contribution >= 0.6 is 11.8 Å². The predicted octanol–water partition coefficient (Wildman–Crippen LogP) is 7.42. The van der Waals surface area contributed by atoms with E-state index in [0.29, 0.717) is 29.7 Å². The van der Waals surface area contributed by atoms with Gasteiger partial charge in [-0.15, -0.1) is 0 Å². The van der Waals surface area contributed by atoms with E-state index in [4.69, 9.17) is 14.9 Å². The minimum absolute atomic E-state index is 0.0373. The molecule has 39 heavy (non-hydrogen) atoms. The van der Waals surface area contributed by atoms with Crippen molar-refractivity contribution in [2.24, 2.45) is 10.1 Å². The van der Waals surface area contributed by atoms with Crippen LogP contribution in [0.25, 0.3) is 6.08 Å². The van der Waals surface area contributed by atoms with Crippen LogP contribution < -0.4 is 9.47 Å². The number of thioether (sulfide) groups is 1. The molecule has 7 nitrogen and oxygen atoms in total. The second kappa shape index (κ2) is 13.1. The smallest absolute Gasteiger partial charge is 0.283 e. The maximum atomic E-state index is 12.9. The van der Waals surface area contributed by atoms with Gasteiger partial charge in [-0.1, -0.05) is 83.7 Å². The van der Waals surface area contributed by atoms with Crippen molar-refractivity contribution in [1.82, 2.24) is 5.01 Å². The highest BCUT2D eigenvalue weighted by atomic mass is 32.2. The number of para-hydroxylation sites is 1. The first-order chi connectivity index (χ1) is 18.8. The zero-order valence-electron chi connectivity index (χ0n) is 23.3. The van der Waals surface area contributed by atoms with Crippen LogP contribution in [0.3, 0.4) is 0 Å². The number of hydrogen-bond acceptors (Lipinski definition) is 6. The van der Waals surface area contributed by atoms with E-state index in [2.05, 4.69) is 49.9 Å². The predicted molar refractivity (Wildman–Crippen MR) is 161 cm³/mol. The first-order valence-electron chi connectivity index (χ1n) is 13.7. The van der Waals surface area contributed by atoms with Gasteiger partial charge < -0.3 is 9.47 Å². The van der Waals surface area contributed by atoms with Gasteiger partial charge in [0.05, 0.1) is 5.57 Å². The number of ether oxygens (including phenoxy) is 2. The Morgan fingerprint density at radius 3 is 2.44 bits per heavy atom. The first kappa shape index (κ1) is 28.6. The highest BCUT2D eigenvalue weighted by Gasteiger charge is 2.35. The summed E-state index contributed by atoms with van der Waals surface area (Å²) in [5, 5.41) is 16.1. The maximum absolute atomic E-state index is 12.9. The lowest BCUT2D eigenvalue weighted by Crippen LogP contribution is -2.35. The van der Waals surface area contributed by atoms with Crippen LogP contribution in [-0.4, -0.2) is 40.2 Å². The van der Waals surface area contributed by atoms with E-state index in [1.807, 2.05) is 36.4 Å². The highest BCUT2D eigenvalue weighted by molar-refractivity contribution is 8.26. The SMILES string of the molecule is CCCCCCCC1=NN2C(=N)C(=Cc3ccccc3OCCOc3ccc(C(C)(C)C)cc3)C(=O)N=C2S1. The number of amidine groups is 2. The number of fused-ring (bicyclic) bond motifs is 1. The van der Waals surface area contributed by atoms with E-state index in [-0.39, 0.29) is 16.8 Å². The number of carbonyl (C=O) groups is 1. The third-order valence-corrected chi connectivity index (χ3v) is 7.51. The Morgan fingerprint density at radius 2 is 1.69 bits per heavy atom. The van der Waals surface area contributed by atoms with Crippen molar-refractivity contribution in [2.75, 3.05) is 13.2 Å². The fourth-order valence-corrected chi connectivity index (χ4v) is 5.19. The van der Waals surface area contributed by atoms with Gasteiger partial charge in [0.2, 0.25) is 5.17 Å². The summed E-state index contributed by atoms with van der Waals surface area (Å²) in [6.45, 7) is 9.46. The summed E-state index contributed by atoms with van der Waals surface area (Å²) >= 11 is 1.39. The van der Waals surface area contributed by atoms with Gasteiger partial charge in [0.1, 0.15) is 29.8 Å². The second-order valence-corrected chi connectivity index (χ2v) is 11.7. The van der Waals surface area contributed by atoms with Crippen LogP contribution in [0.15, 0.2) is 64.2 Å². The Balaban J connectivity index is 1.36. The fraction of sp³-hybridized carbons (Fsp3) is 0.419. The van der Waals surface area contributed by atoms with Crippen molar-refractivity contribution in [3.8, 4) is 11.5 Å². The van der Waals surface area contributed by atoms with Gasteiger partial charge in [-0.3, -0.25) is 10.2 Å². The lowest BCUT2D eigenvalue weighted by molar-refractivity contribution is -0.114. The molecular weight excluding hydrogens is 508 g/mol. The van der Waals surface area contributed by atoms with Gasteiger partial charge in [-0.25, -0.2) is 0 Å². The lowest BCUT2D eigenvalue weighted by Gasteiger charge is -2.20. The van der Waals surface area contributed by atoms with Crippen molar-refractivity contribution in [2.45, 2.75) is 71.6 Å². The van der Waals surface area contributed by atoms with Crippen LogP contribution in [0, 0.1) is 5.41 Å². The van der Waals surface area contributed by atoms with Gasteiger partial charge >= 0.3 is 0 Å². The Kier molecular flexibility index (Phi) is 9.62. The van der Waals surface area contributed by atoms with Gasteiger partial charge in [0, 0.05) is 5.56 Å². The molecule has 4 rings (SSSR count). The summed E-state index contributed by atoms with van der Waals surface area (Å²) in [4.78, 5) is 17.1. The Hall–Kier alpha value is -3.39. The normalized spacial score (nSPS) is 16.3. The Labute approximate surface area is 235 Å². The third-order valence-electron chi connectivity index (χ3n) is 6.54. The molecule has 2 aliphatic rings. The molecule has 2 aliphatic heterocycles. The average molecular weight is 547 g/mol. The Morgan fingerprint density at radius 1 is 0.974 bits per heavy atom. The largest absolute Gasteiger partial charge is 0.490 e. The molecule has 0 unspecified atom stereocenters. The number of hydrazone groups is 1. The molecule has 8 heteroatoms. The summed E-state index contributed by atoms with van der Waals surface area (Å²) in [5.41, 5.74) is 2.24. The molecule has 1 amide bonds. The molecule has 0 spiro atoms. The number of amides is 1. The van der Waals surface area contributed by atoms with Crippen molar-refractivity contribution in [3.63, 3.8) is 0 Å². The standard InChI is InChI=1S/C31H38N4O3S/c1-5-6-7-8-9-14-27-34-35-28(32)25(29(36)33-30(35)39-27)21-22-12-10-11-13-26(22)38-20-19-37-24-17-15-23(16-18-24)31(2,3)4/h10-13,15-18,21,32H,5-9,14,19-20H2,1-4H3. The van der Waals surface area contributed by atoms with E-state index >= 15 is 0 Å². The molecule has 0 atom stereocenters. The van der Waals surface area contributed by atoms with Crippen molar-refractivity contribution < 1.29 is 14.3 Å². The number of unbranched alkanes of at least 4 members (excludes halogenated alkanes) is 4. The first-order valence-corrected chi connectivity index (χ1v) is 14.5. The molecule has 0 aliphatic carbocycles. The summed E-state index contributed by atoms with van der Waals surface area (Å²) in [7, 11) is 0. The van der Waals surface area contributed by atoms with Gasteiger partial charge in [-0.05, 0) is 59.9 Å². The quantitative estimate of drug-likeness (QED) is 0.221. The van der Waals surface area contributed by atoms with Gasteiger partial charge in [0.25, 0.3) is 5.91 Å². The highest BCUT2D eigenvalue weighted by Crippen LogP contribution is 2.31. The molecule has 0 aromatic heterocycles. The molecule has 2 aromatic rings. The second-order valence-electron chi connectivity index (χ2n) is 10.7. The van der Waals surface area contributed by atoms with Gasteiger partial charge in [-0.2, -0.15) is 15.1 Å². The van der Waals surface area contributed by atoms with Crippen LogP contribution in [0.5, 0.6) is 11.5 Å². The maximum Gasteiger partial charge on any atom is 0.283 e. The summed E-state index contributed by atoms with van der Waals surface area (Å²) < 4.78 is 11.8. The Bertz CT molecular complexity index is 1280. The van der Waals surface area contributed by atoms with E-state index in [1.165, 1.54) is 41.6 Å². The van der Waals surface area contributed by atoms with Crippen molar-refractivity contribution in [1.29, 1.82) is 5.41 Å². The molecular formula is C31H38N4O3S. The zero-order chi connectivity index (χ0) is 27.8. The monoisotopic (exact) mass is 546 g/mol. The molecule has 206 valence electrons. The van der Waals surface area contributed by atoms with Crippen LogP contribution in [0.2, 0.25) is 0 Å². The molecule has 2 heterocycles. The number of nitrogens with one attached hydrogen (secondary N) is 1. The summed E-state index contributed by atoms with van der Waals surface area (Å²) in [5.74, 6) is 1.01. The number of benzene rings is 2.